The van der Waals surface area contributed by atoms with E-state index < -0.39 is 6.10 Å². The van der Waals surface area contributed by atoms with E-state index in [4.69, 9.17) is 23.7 Å². The highest BCUT2D eigenvalue weighted by molar-refractivity contribution is 5.66. The summed E-state index contributed by atoms with van der Waals surface area (Å²) >= 11 is 0. The zero-order valence-corrected chi connectivity index (χ0v) is 13.5. The molecular formula is C15H28O6. The van der Waals surface area contributed by atoms with E-state index in [1.54, 1.807) is 7.11 Å². The van der Waals surface area contributed by atoms with Gasteiger partial charge in [-0.1, -0.05) is 13.3 Å². The number of hydrogen-bond donors (Lipinski definition) is 0. The van der Waals surface area contributed by atoms with Crippen molar-refractivity contribution in [2.24, 2.45) is 0 Å². The number of carbonyl (C=O) groups excluding carboxylic acids is 1. The summed E-state index contributed by atoms with van der Waals surface area (Å²) in [6.45, 7) is 7.38. The molecule has 1 aliphatic heterocycles. The summed E-state index contributed by atoms with van der Waals surface area (Å²) in [7, 11) is 1.60. The molecule has 1 fully saturated rings. The van der Waals surface area contributed by atoms with Gasteiger partial charge >= 0.3 is 5.97 Å². The molecule has 0 saturated carbocycles. The minimum Gasteiger partial charge on any atom is -0.457 e. The van der Waals surface area contributed by atoms with Gasteiger partial charge in [0.05, 0.1) is 13.2 Å². The van der Waals surface area contributed by atoms with E-state index in [9.17, 15) is 4.79 Å². The fourth-order valence-corrected chi connectivity index (χ4v) is 2.35. The molecule has 0 N–H and O–H groups in total. The van der Waals surface area contributed by atoms with Crippen molar-refractivity contribution < 1.29 is 28.5 Å². The standard InChI is InChI=1S/C15H28O6/c1-5-7-8-18-9-13-15(21-11(3)16)14(19-6-2)12(17-4)10-20-13/h12-15H,5-10H2,1-4H3/t12-,13+,14+,15+/m0/s1. The van der Waals surface area contributed by atoms with Crippen molar-refractivity contribution in [1.82, 2.24) is 0 Å². The summed E-state index contributed by atoms with van der Waals surface area (Å²) in [6.07, 6.45) is 0.655. The molecule has 124 valence electrons. The summed E-state index contributed by atoms with van der Waals surface area (Å²) in [6, 6.07) is 0. The van der Waals surface area contributed by atoms with Crippen LogP contribution in [0.15, 0.2) is 0 Å². The van der Waals surface area contributed by atoms with Crippen molar-refractivity contribution in [3.63, 3.8) is 0 Å². The number of esters is 1. The first-order valence-corrected chi connectivity index (χ1v) is 7.64. The first-order chi connectivity index (χ1) is 10.1. The minimum atomic E-state index is -0.511. The van der Waals surface area contributed by atoms with Gasteiger partial charge in [-0.2, -0.15) is 0 Å². The Labute approximate surface area is 127 Å². The molecule has 1 saturated heterocycles. The second-order valence-corrected chi connectivity index (χ2v) is 5.07. The van der Waals surface area contributed by atoms with Gasteiger partial charge in [-0.15, -0.1) is 0 Å². The smallest absolute Gasteiger partial charge is 0.303 e. The fourth-order valence-electron chi connectivity index (χ4n) is 2.35. The Hall–Kier alpha value is -0.690. The molecule has 0 aromatic carbocycles. The van der Waals surface area contributed by atoms with E-state index in [0.29, 0.717) is 26.4 Å². The third-order valence-electron chi connectivity index (χ3n) is 3.42. The lowest BCUT2D eigenvalue weighted by molar-refractivity contribution is -0.230. The molecule has 0 amide bonds. The third-order valence-corrected chi connectivity index (χ3v) is 3.42. The monoisotopic (exact) mass is 304 g/mol. The summed E-state index contributed by atoms with van der Waals surface area (Å²) in [5.74, 6) is -0.358. The fraction of sp³-hybridized carbons (Fsp3) is 0.933. The number of carbonyl (C=O) groups is 1. The molecule has 21 heavy (non-hydrogen) atoms. The van der Waals surface area contributed by atoms with E-state index in [2.05, 4.69) is 6.92 Å². The first-order valence-electron chi connectivity index (χ1n) is 7.64. The zero-order chi connectivity index (χ0) is 15.7. The number of hydrogen-bond acceptors (Lipinski definition) is 6. The molecule has 4 atom stereocenters. The molecule has 0 radical (unpaired) electrons. The Morgan fingerprint density at radius 3 is 2.62 bits per heavy atom. The quantitative estimate of drug-likeness (QED) is 0.476. The van der Waals surface area contributed by atoms with Crippen molar-refractivity contribution in [1.29, 1.82) is 0 Å². The third kappa shape index (κ3) is 5.90. The lowest BCUT2D eigenvalue weighted by Crippen LogP contribution is -2.57. The topological polar surface area (TPSA) is 63.2 Å². The molecule has 1 aliphatic rings. The average molecular weight is 304 g/mol. The number of unbranched alkanes of at least 4 members (excludes halogenated alkanes) is 1. The maximum absolute atomic E-state index is 11.4. The second-order valence-electron chi connectivity index (χ2n) is 5.07. The maximum atomic E-state index is 11.4. The van der Waals surface area contributed by atoms with E-state index in [-0.39, 0.29) is 24.3 Å². The van der Waals surface area contributed by atoms with Crippen LogP contribution in [-0.4, -0.2) is 63.9 Å². The Bertz CT molecular complexity index is 296. The highest BCUT2D eigenvalue weighted by Gasteiger charge is 2.43. The van der Waals surface area contributed by atoms with Gasteiger partial charge in [0, 0.05) is 27.2 Å². The molecule has 1 heterocycles. The molecule has 0 spiro atoms. The molecule has 0 bridgehead atoms. The average Bonchev–Trinajstić information content (AvgIpc) is 2.46. The summed E-state index contributed by atoms with van der Waals surface area (Å²) in [4.78, 5) is 11.4. The highest BCUT2D eigenvalue weighted by atomic mass is 16.6. The number of methoxy groups -OCH3 is 1. The van der Waals surface area contributed by atoms with Crippen molar-refractivity contribution >= 4 is 5.97 Å². The number of ether oxygens (including phenoxy) is 5. The van der Waals surface area contributed by atoms with Crippen LogP contribution in [0.5, 0.6) is 0 Å². The van der Waals surface area contributed by atoms with Crippen molar-refractivity contribution in [2.45, 2.75) is 58.0 Å². The van der Waals surface area contributed by atoms with Gasteiger partial charge in [-0.3, -0.25) is 4.79 Å². The molecule has 0 aromatic rings. The van der Waals surface area contributed by atoms with Crippen molar-refractivity contribution in [3.8, 4) is 0 Å². The van der Waals surface area contributed by atoms with Gasteiger partial charge in [-0.25, -0.2) is 0 Å². The Balaban J connectivity index is 2.68. The van der Waals surface area contributed by atoms with Crippen LogP contribution < -0.4 is 0 Å². The Kier molecular flexibility index (Phi) is 8.84. The molecular weight excluding hydrogens is 276 g/mol. The van der Waals surface area contributed by atoms with Crippen LogP contribution >= 0.6 is 0 Å². The Morgan fingerprint density at radius 1 is 1.29 bits per heavy atom. The van der Waals surface area contributed by atoms with Gasteiger partial charge in [0.15, 0.2) is 6.10 Å². The molecule has 6 heteroatoms. The van der Waals surface area contributed by atoms with E-state index in [1.165, 1.54) is 6.92 Å². The zero-order valence-electron chi connectivity index (χ0n) is 13.5. The van der Waals surface area contributed by atoms with E-state index in [0.717, 1.165) is 12.8 Å². The predicted molar refractivity (Wildman–Crippen MR) is 77.2 cm³/mol. The second kappa shape index (κ2) is 10.1. The normalized spacial score (nSPS) is 29.3. The van der Waals surface area contributed by atoms with Crippen LogP contribution in [0.3, 0.4) is 0 Å². The molecule has 1 rings (SSSR count). The van der Waals surface area contributed by atoms with Gasteiger partial charge in [-0.05, 0) is 13.3 Å². The van der Waals surface area contributed by atoms with Crippen LogP contribution in [0, 0.1) is 0 Å². The minimum absolute atomic E-state index is 0.249. The molecule has 0 aliphatic carbocycles. The predicted octanol–water partition coefficient (Wildman–Crippen LogP) is 1.55. The van der Waals surface area contributed by atoms with Gasteiger partial charge < -0.3 is 23.7 Å². The Morgan fingerprint density at radius 2 is 2.05 bits per heavy atom. The largest absolute Gasteiger partial charge is 0.457 e. The summed E-state index contributed by atoms with van der Waals surface area (Å²) in [5.41, 5.74) is 0. The molecule has 0 unspecified atom stereocenters. The maximum Gasteiger partial charge on any atom is 0.303 e. The summed E-state index contributed by atoms with van der Waals surface area (Å²) in [5, 5.41) is 0. The van der Waals surface area contributed by atoms with Crippen molar-refractivity contribution in [2.75, 3.05) is 33.5 Å². The SMILES string of the molecule is CCCCOC[C@H]1OC[C@H](OC)[C@@H](OCC)[C@@H]1OC(C)=O. The highest BCUT2D eigenvalue weighted by Crippen LogP contribution is 2.24. The van der Waals surface area contributed by atoms with Gasteiger partial charge in [0.2, 0.25) is 0 Å². The van der Waals surface area contributed by atoms with E-state index >= 15 is 0 Å². The summed E-state index contributed by atoms with van der Waals surface area (Å²) < 4.78 is 27.9. The molecule has 0 aromatic heterocycles. The number of rotatable bonds is 9. The van der Waals surface area contributed by atoms with Gasteiger partial charge in [0.1, 0.15) is 18.3 Å². The van der Waals surface area contributed by atoms with Crippen molar-refractivity contribution in [3.05, 3.63) is 0 Å². The van der Waals surface area contributed by atoms with Crippen LogP contribution in [0.2, 0.25) is 0 Å². The van der Waals surface area contributed by atoms with E-state index in [1.807, 2.05) is 6.92 Å². The van der Waals surface area contributed by atoms with Gasteiger partial charge in [0.25, 0.3) is 0 Å². The van der Waals surface area contributed by atoms with Crippen LogP contribution in [-0.2, 0) is 28.5 Å². The van der Waals surface area contributed by atoms with Crippen LogP contribution in [0.1, 0.15) is 33.6 Å². The van der Waals surface area contributed by atoms with Crippen LogP contribution in [0.4, 0.5) is 0 Å². The molecule has 6 nitrogen and oxygen atoms in total. The first kappa shape index (κ1) is 18.4. The van der Waals surface area contributed by atoms with Crippen LogP contribution in [0.25, 0.3) is 0 Å². The lowest BCUT2D eigenvalue weighted by atomic mass is 9.99. The lowest BCUT2D eigenvalue weighted by Gasteiger charge is -2.40.